The first kappa shape index (κ1) is 19.1. The molecule has 0 atom stereocenters. The van der Waals surface area contributed by atoms with Gasteiger partial charge in [0.15, 0.2) is 0 Å². The molecule has 2 N–H and O–H groups in total. The van der Waals surface area contributed by atoms with Gasteiger partial charge in [-0.2, -0.15) is 0 Å². The van der Waals surface area contributed by atoms with Crippen LogP contribution in [0.5, 0.6) is 0 Å². The molecule has 0 spiro atoms. The lowest BCUT2D eigenvalue weighted by Crippen LogP contribution is -2.26. The molecule has 0 aliphatic heterocycles. The number of hydrogen-bond donors (Lipinski definition) is 2. The summed E-state index contributed by atoms with van der Waals surface area (Å²) in [5, 5.41) is 5.43. The Bertz CT molecular complexity index is 787. The zero-order valence-electron chi connectivity index (χ0n) is 14.6. The van der Waals surface area contributed by atoms with Gasteiger partial charge in [0.25, 0.3) is 11.8 Å². The van der Waals surface area contributed by atoms with Crippen LogP contribution in [0.2, 0.25) is 0 Å². The summed E-state index contributed by atoms with van der Waals surface area (Å²) in [6.45, 7) is 0.856. The number of methoxy groups -OCH3 is 2. The summed E-state index contributed by atoms with van der Waals surface area (Å²) in [5.74, 6) is -1.10. The monoisotopic (exact) mass is 356 g/mol. The van der Waals surface area contributed by atoms with Crippen LogP contribution in [0.15, 0.2) is 48.5 Å². The number of esters is 1. The molecule has 0 saturated carbocycles. The Labute approximate surface area is 151 Å². The van der Waals surface area contributed by atoms with Crippen LogP contribution in [-0.2, 0) is 9.47 Å². The Balaban J connectivity index is 2.01. The second kappa shape index (κ2) is 9.33. The average molecular weight is 356 g/mol. The van der Waals surface area contributed by atoms with Gasteiger partial charge < -0.3 is 20.1 Å². The molecule has 0 radical (unpaired) electrons. The quantitative estimate of drug-likeness (QED) is 0.585. The summed E-state index contributed by atoms with van der Waals surface area (Å²) in [6.07, 6.45) is 0. The molecule has 0 aliphatic carbocycles. The molecule has 0 heterocycles. The van der Waals surface area contributed by atoms with Crippen molar-refractivity contribution in [1.29, 1.82) is 0 Å². The van der Waals surface area contributed by atoms with Crippen LogP contribution < -0.4 is 10.6 Å². The van der Waals surface area contributed by atoms with Gasteiger partial charge in [-0.15, -0.1) is 0 Å². The number of nitrogens with one attached hydrogen (secondary N) is 2. The number of anilines is 1. The highest BCUT2D eigenvalue weighted by atomic mass is 16.5. The van der Waals surface area contributed by atoms with Crippen LogP contribution in [0.25, 0.3) is 0 Å². The molecule has 2 rings (SSSR count). The molecule has 0 aromatic heterocycles. The van der Waals surface area contributed by atoms with Crippen LogP contribution in [0.3, 0.4) is 0 Å². The fourth-order valence-electron chi connectivity index (χ4n) is 2.18. The zero-order chi connectivity index (χ0) is 18.9. The summed E-state index contributed by atoms with van der Waals surface area (Å²) in [5.41, 5.74) is 1.64. The van der Waals surface area contributed by atoms with E-state index in [0.29, 0.717) is 35.5 Å². The first-order valence-electron chi connectivity index (χ1n) is 7.92. The zero-order valence-corrected chi connectivity index (χ0v) is 14.6. The lowest BCUT2D eigenvalue weighted by atomic mass is 10.1. The first-order valence-corrected chi connectivity index (χ1v) is 7.92. The fraction of sp³-hybridized carbons (Fsp3) is 0.211. The van der Waals surface area contributed by atoms with Gasteiger partial charge in [-0.1, -0.05) is 6.07 Å². The van der Waals surface area contributed by atoms with Crippen molar-refractivity contribution in [2.45, 2.75) is 0 Å². The Kier molecular flexibility index (Phi) is 6.87. The van der Waals surface area contributed by atoms with Gasteiger partial charge in [-0.05, 0) is 42.5 Å². The van der Waals surface area contributed by atoms with Crippen molar-refractivity contribution in [2.24, 2.45) is 0 Å². The molecule has 7 nitrogen and oxygen atoms in total. The van der Waals surface area contributed by atoms with Gasteiger partial charge in [0.2, 0.25) is 0 Å². The van der Waals surface area contributed by atoms with Crippen molar-refractivity contribution >= 4 is 23.5 Å². The van der Waals surface area contributed by atoms with Gasteiger partial charge in [0.1, 0.15) is 0 Å². The van der Waals surface area contributed by atoms with Gasteiger partial charge in [0, 0.05) is 30.5 Å². The van der Waals surface area contributed by atoms with Crippen LogP contribution in [0, 0.1) is 0 Å². The molecule has 2 aromatic carbocycles. The molecule has 2 aromatic rings. The highest BCUT2D eigenvalue weighted by molar-refractivity contribution is 6.06. The van der Waals surface area contributed by atoms with Crippen LogP contribution >= 0.6 is 0 Å². The van der Waals surface area contributed by atoms with E-state index in [2.05, 4.69) is 15.4 Å². The van der Waals surface area contributed by atoms with E-state index >= 15 is 0 Å². The lowest BCUT2D eigenvalue weighted by Gasteiger charge is -2.08. The van der Waals surface area contributed by atoms with Gasteiger partial charge in [-0.3, -0.25) is 9.59 Å². The maximum atomic E-state index is 12.3. The smallest absolute Gasteiger partial charge is 0.337 e. The highest BCUT2D eigenvalue weighted by Gasteiger charge is 2.11. The highest BCUT2D eigenvalue weighted by Crippen LogP contribution is 2.13. The summed E-state index contributed by atoms with van der Waals surface area (Å²) in [7, 11) is 2.84. The van der Waals surface area contributed by atoms with E-state index in [1.807, 2.05) is 0 Å². The summed E-state index contributed by atoms with van der Waals surface area (Å²) >= 11 is 0. The molecule has 0 bridgehead atoms. The number of carbonyl (C=O) groups is 3. The summed E-state index contributed by atoms with van der Waals surface area (Å²) in [4.78, 5) is 35.8. The molecule has 0 saturated heterocycles. The molecular weight excluding hydrogens is 336 g/mol. The number of carbonyl (C=O) groups excluding carboxylic acids is 3. The maximum Gasteiger partial charge on any atom is 0.337 e. The van der Waals surface area contributed by atoms with Gasteiger partial charge >= 0.3 is 5.97 Å². The largest absolute Gasteiger partial charge is 0.465 e. The first-order chi connectivity index (χ1) is 12.5. The minimum absolute atomic E-state index is 0.217. The van der Waals surface area contributed by atoms with Crippen LogP contribution in [0.4, 0.5) is 5.69 Å². The average Bonchev–Trinajstić information content (AvgIpc) is 2.68. The number of benzene rings is 2. The third-order valence-corrected chi connectivity index (χ3v) is 3.54. The Morgan fingerprint density at radius 1 is 0.885 bits per heavy atom. The SMILES string of the molecule is COCCNC(=O)c1ccc(NC(=O)c2cccc(C(=O)OC)c2)cc1. The predicted octanol–water partition coefficient (Wildman–Crippen LogP) is 2.10. The topological polar surface area (TPSA) is 93.7 Å². The minimum Gasteiger partial charge on any atom is -0.465 e. The molecule has 7 heteroatoms. The number of amides is 2. The minimum atomic E-state index is -0.511. The van der Waals surface area contributed by atoms with E-state index in [-0.39, 0.29) is 11.8 Å². The van der Waals surface area contributed by atoms with E-state index in [1.54, 1.807) is 49.6 Å². The summed E-state index contributed by atoms with van der Waals surface area (Å²) < 4.78 is 9.52. The van der Waals surface area contributed by atoms with E-state index in [4.69, 9.17) is 4.74 Å². The third kappa shape index (κ3) is 5.15. The van der Waals surface area contributed by atoms with Crippen molar-refractivity contribution in [1.82, 2.24) is 5.32 Å². The van der Waals surface area contributed by atoms with Crippen LogP contribution in [-0.4, -0.2) is 45.2 Å². The van der Waals surface area contributed by atoms with Crippen molar-refractivity contribution in [3.63, 3.8) is 0 Å². The number of ether oxygens (including phenoxy) is 2. The second-order valence-corrected chi connectivity index (χ2v) is 5.35. The normalized spacial score (nSPS) is 10.1. The van der Waals surface area contributed by atoms with Crippen LogP contribution in [0.1, 0.15) is 31.1 Å². The van der Waals surface area contributed by atoms with Gasteiger partial charge in [-0.25, -0.2) is 4.79 Å². The third-order valence-electron chi connectivity index (χ3n) is 3.54. The molecule has 136 valence electrons. The van der Waals surface area contributed by atoms with E-state index in [1.165, 1.54) is 13.2 Å². The van der Waals surface area contributed by atoms with Crippen molar-refractivity contribution < 1.29 is 23.9 Å². The predicted molar refractivity (Wildman–Crippen MR) is 96.4 cm³/mol. The Morgan fingerprint density at radius 3 is 2.23 bits per heavy atom. The molecule has 0 unspecified atom stereocenters. The van der Waals surface area contributed by atoms with E-state index in [0.717, 1.165) is 0 Å². The number of rotatable bonds is 7. The molecule has 26 heavy (non-hydrogen) atoms. The molecule has 0 aliphatic rings. The van der Waals surface area contributed by atoms with Gasteiger partial charge in [0.05, 0.1) is 19.3 Å². The van der Waals surface area contributed by atoms with Crippen molar-refractivity contribution in [3.8, 4) is 0 Å². The van der Waals surface area contributed by atoms with Crippen molar-refractivity contribution in [2.75, 3.05) is 32.7 Å². The standard InChI is InChI=1S/C19H20N2O5/c1-25-11-10-20-17(22)13-6-8-16(9-7-13)21-18(23)14-4-3-5-15(12-14)19(24)26-2/h3-9,12H,10-11H2,1-2H3,(H,20,22)(H,21,23). The maximum absolute atomic E-state index is 12.3. The second-order valence-electron chi connectivity index (χ2n) is 5.35. The van der Waals surface area contributed by atoms with Crippen molar-refractivity contribution in [3.05, 3.63) is 65.2 Å². The Morgan fingerprint density at radius 2 is 1.58 bits per heavy atom. The van der Waals surface area contributed by atoms with E-state index in [9.17, 15) is 14.4 Å². The molecular formula is C19H20N2O5. The summed E-state index contributed by atoms with van der Waals surface area (Å²) in [6, 6.07) is 12.7. The number of hydrogen-bond acceptors (Lipinski definition) is 5. The van der Waals surface area contributed by atoms with E-state index < -0.39 is 5.97 Å². The molecule has 0 fully saturated rings. The Hall–Kier alpha value is -3.19. The molecule has 2 amide bonds. The lowest BCUT2D eigenvalue weighted by molar-refractivity contribution is 0.0600. The fourth-order valence-corrected chi connectivity index (χ4v) is 2.18.